The number of aromatic nitrogens is 2. The SMILES string of the molecule is C#CCn1c(CC)nc2sc(C(=O)Nc3ccccc3C)c(C)c2c1=O. The first-order valence-corrected chi connectivity index (χ1v) is 9.12. The summed E-state index contributed by atoms with van der Waals surface area (Å²) in [6.07, 6.45) is 5.98. The quantitative estimate of drug-likeness (QED) is 0.720. The molecular formula is C20H19N3O2S. The van der Waals surface area contributed by atoms with Gasteiger partial charge < -0.3 is 5.32 Å². The van der Waals surface area contributed by atoms with Crippen molar-refractivity contribution in [1.82, 2.24) is 9.55 Å². The van der Waals surface area contributed by atoms with Crippen LogP contribution in [0.5, 0.6) is 0 Å². The van der Waals surface area contributed by atoms with Gasteiger partial charge in [-0.2, -0.15) is 0 Å². The number of amides is 1. The summed E-state index contributed by atoms with van der Waals surface area (Å²) in [4.78, 5) is 31.3. The van der Waals surface area contributed by atoms with Crippen molar-refractivity contribution >= 4 is 33.1 Å². The highest BCUT2D eigenvalue weighted by Crippen LogP contribution is 2.28. The van der Waals surface area contributed by atoms with E-state index < -0.39 is 0 Å². The Labute approximate surface area is 155 Å². The van der Waals surface area contributed by atoms with Crippen LogP contribution in [0.3, 0.4) is 0 Å². The third kappa shape index (κ3) is 3.02. The zero-order chi connectivity index (χ0) is 18.8. The molecule has 0 aliphatic carbocycles. The number of para-hydroxylation sites is 1. The standard InChI is InChI=1S/C20H19N3O2S/c1-5-11-23-15(6-2)22-19-16(20(23)25)13(4)17(26-19)18(24)21-14-10-8-7-9-12(14)3/h1,7-10H,6,11H2,2-4H3,(H,21,24). The molecule has 1 aromatic carbocycles. The van der Waals surface area contributed by atoms with Gasteiger partial charge in [-0.25, -0.2) is 4.98 Å². The Bertz CT molecular complexity index is 1100. The van der Waals surface area contributed by atoms with Gasteiger partial charge >= 0.3 is 0 Å². The van der Waals surface area contributed by atoms with Gasteiger partial charge in [-0.05, 0) is 31.0 Å². The average molecular weight is 365 g/mol. The fraction of sp³-hybridized carbons (Fsp3) is 0.250. The smallest absolute Gasteiger partial charge is 0.266 e. The molecule has 0 radical (unpaired) electrons. The van der Waals surface area contributed by atoms with Gasteiger partial charge in [0.1, 0.15) is 10.7 Å². The van der Waals surface area contributed by atoms with Gasteiger partial charge in [-0.15, -0.1) is 17.8 Å². The normalized spacial score (nSPS) is 10.7. The van der Waals surface area contributed by atoms with Gasteiger partial charge in [-0.1, -0.05) is 31.0 Å². The molecule has 0 fully saturated rings. The van der Waals surface area contributed by atoms with E-state index in [1.165, 1.54) is 15.9 Å². The van der Waals surface area contributed by atoms with Crippen molar-refractivity contribution in [2.24, 2.45) is 0 Å². The number of fused-ring (bicyclic) bond motifs is 1. The maximum atomic E-state index is 12.9. The molecular weight excluding hydrogens is 346 g/mol. The van der Waals surface area contributed by atoms with Gasteiger partial charge in [0.25, 0.3) is 11.5 Å². The molecule has 0 unspecified atom stereocenters. The Morgan fingerprint density at radius 1 is 1.35 bits per heavy atom. The lowest BCUT2D eigenvalue weighted by atomic mass is 10.1. The Balaban J connectivity index is 2.11. The second-order valence-electron chi connectivity index (χ2n) is 5.98. The number of anilines is 1. The van der Waals surface area contributed by atoms with E-state index in [1.807, 2.05) is 38.1 Å². The van der Waals surface area contributed by atoms with Crippen LogP contribution in [0.4, 0.5) is 5.69 Å². The number of carbonyl (C=O) groups is 1. The molecule has 0 atom stereocenters. The molecule has 3 rings (SSSR count). The van der Waals surface area contributed by atoms with Gasteiger partial charge in [0.15, 0.2) is 0 Å². The van der Waals surface area contributed by atoms with Crippen molar-refractivity contribution in [3.8, 4) is 12.3 Å². The molecule has 2 aromatic heterocycles. The lowest BCUT2D eigenvalue weighted by Gasteiger charge is -2.08. The van der Waals surface area contributed by atoms with Crippen LogP contribution in [0, 0.1) is 26.2 Å². The Kier molecular flexibility index (Phi) is 4.92. The van der Waals surface area contributed by atoms with Crippen molar-refractivity contribution < 1.29 is 4.79 Å². The van der Waals surface area contributed by atoms with Gasteiger partial charge in [-0.3, -0.25) is 14.2 Å². The van der Waals surface area contributed by atoms with Crippen molar-refractivity contribution in [3.63, 3.8) is 0 Å². The van der Waals surface area contributed by atoms with Gasteiger partial charge in [0.2, 0.25) is 0 Å². The molecule has 1 amide bonds. The van der Waals surface area contributed by atoms with E-state index in [4.69, 9.17) is 6.42 Å². The molecule has 2 heterocycles. The zero-order valence-corrected chi connectivity index (χ0v) is 15.7. The van der Waals surface area contributed by atoms with E-state index in [0.29, 0.717) is 32.9 Å². The number of terminal acetylenes is 1. The van der Waals surface area contributed by atoms with Crippen molar-refractivity contribution in [3.05, 3.63) is 56.4 Å². The fourth-order valence-electron chi connectivity index (χ4n) is 2.89. The van der Waals surface area contributed by atoms with Crippen molar-refractivity contribution in [1.29, 1.82) is 0 Å². The Hall–Kier alpha value is -2.91. The lowest BCUT2D eigenvalue weighted by Crippen LogP contribution is -2.24. The molecule has 0 saturated carbocycles. The van der Waals surface area contributed by atoms with Crippen LogP contribution in [0.1, 0.15) is 33.5 Å². The van der Waals surface area contributed by atoms with E-state index in [9.17, 15) is 9.59 Å². The average Bonchev–Trinajstić information content (AvgIpc) is 2.96. The molecule has 132 valence electrons. The maximum Gasteiger partial charge on any atom is 0.266 e. The molecule has 26 heavy (non-hydrogen) atoms. The first-order valence-electron chi connectivity index (χ1n) is 8.31. The fourth-order valence-corrected chi connectivity index (χ4v) is 3.98. The van der Waals surface area contributed by atoms with Crippen molar-refractivity contribution in [2.75, 3.05) is 5.32 Å². The van der Waals surface area contributed by atoms with E-state index in [0.717, 1.165) is 11.3 Å². The first-order chi connectivity index (χ1) is 12.5. The summed E-state index contributed by atoms with van der Waals surface area (Å²) in [5.41, 5.74) is 2.18. The van der Waals surface area contributed by atoms with Crippen LogP contribution in [0.25, 0.3) is 10.2 Å². The summed E-state index contributed by atoms with van der Waals surface area (Å²) in [6.45, 7) is 5.80. The van der Waals surface area contributed by atoms with Crippen LogP contribution < -0.4 is 10.9 Å². The highest BCUT2D eigenvalue weighted by atomic mass is 32.1. The predicted octanol–water partition coefficient (Wildman–Crippen LogP) is 3.52. The summed E-state index contributed by atoms with van der Waals surface area (Å²) in [7, 11) is 0. The molecule has 0 bridgehead atoms. The lowest BCUT2D eigenvalue weighted by molar-refractivity contribution is 0.103. The topological polar surface area (TPSA) is 64.0 Å². The number of thiophene rings is 1. The minimum absolute atomic E-state index is 0.172. The second-order valence-corrected chi connectivity index (χ2v) is 6.98. The second kappa shape index (κ2) is 7.14. The Morgan fingerprint density at radius 3 is 2.73 bits per heavy atom. The number of nitrogens with zero attached hydrogens (tertiary/aromatic N) is 2. The van der Waals surface area contributed by atoms with E-state index in [-0.39, 0.29) is 18.0 Å². The summed E-state index contributed by atoms with van der Waals surface area (Å²) < 4.78 is 1.51. The number of hydrogen-bond donors (Lipinski definition) is 1. The van der Waals surface area contributed by atoms with Crippen LogP contribution in [0.2, 0.25) is 0 Å². The van der Waals surface area contributed by atoms with E-state index in [2.05, 4.69) is 16.2 Å². The summed E-state index contributed by atoms with van der Waals surface area (Å²) in [6, 6.07) is 7.57. The Morgan fingerprint density at radius 2 is 2.08 bits per heavy atom. The minimum Gasteiger partial charge on any atom is -0.321 e. The number of nitrogens with one attached hydrogen (secondary N) is 1. The molecule has 1 N–H and O–H groups in total. The van der Waals surface area contributed by atoms with Gasteiger partial charge in [0, 0.05) is 12.1 Å². The van der Waals surface area contributed by atoms with Crippen LogP contribution >= 0.6 is 11.3 Å². The van der Waals surface area contributed by atoms with E-state index >= 15 is 0 Å². The highest BCUT2D eigenvalue weighted by molar-refractivity contribution is 7.20. The molecule has 6 heteroatoms. The van der Waals surface area contributed by atoms with Crippen molar-refractivity contribution in [2.45, 2.75) is 33.7 Å². The summed E-state index contributed by atoms with van der Waals surface area (Å²) in [5.74, 6) is 2.90. The predicted molar refractivity (Wildman–Crippen MR) is 106 cm³/mol. The summed E-state index contributed by atoms with van der Waals surface area (Å²) in [5, 5.41) is 3.39. The number of hydrogen-bond acceptors (Lipinski definition) is 4. The third-order valence-electron chi connectivity index (χ3n) is 4.29. The van der Waals surface area contributed by atoms with Crippen LogP contribution in [-0.2, 0) is 13.0 Å². The van der Waals surface area contributed by atoms with Crippen LogP contribution in [0.15, 0.2) is 29.1 Å². The number of benzene rings is 1. The largest absolute Gasteiger partial charge is 0.321 e. The first kappa shape index (κ1) is 17.9. The molecule has 0 aliphatic rings. The minimum atomic E-state index is -0.235. The molecule has 0 saturated heterocycles. The van der Waals surface area contributed by atoms with Crippen LogP contribution in [-0.4, -0.2) is 15.5 Å². The number of carbonyl (C=O) groups excluding carboxylic acids is 1. The zero-order valence-electron chi connectivity index (χ0n) is 14.9. The van der Waals surface area contributed by atoms with E-state index in [1.54, 1.807) is 6.92 Å². The summed E-state index contributed by atoms with van der Waals surface area (Å²) >= 11 is 1.24. The third-order valence-corrected chi connectivity index (χ3v) is 5.48. The molecule has 0 aliphatic heterocycles. The number of rotatable bonds is 4. The molecule has 0 spiro atoms. The monoisotopic (exact) mass is 365 g/mol. The van der Waals surface area contributed by atoms with Gasteiger partial charge in [0.05, 0.1) is 16.8 Å². The maximum absolute atomic E-state index is 12.9. The highest BCUT2D eigenvalue weighted by Gasteiger charge is 2.21. The molecule has 5 nitrogen and oxygen atoms in total. The molecule has 3 aromatic rings. The number of aryl methyl sites for hydroxylation is 3.